The second kappa shape index (κ2) is 12.0. The van der Waals surface area contributed by atoms with Gasteiger partial charge in [0, 0.05) is 37.8 Å². The Morgan fingerprint density at radius 2 is 1.93 bits per heavy atom. The summed E-state index contributed by atoms with van der Waals surface area (Å²) in [4.78, 5) is 7.43. The number of nitrogens with zero attached hydrogens (tertiary/aromatic N) is 3. The Labute approximate surface area is 187 Å². The maximum atomic E-state index is 5.41. The van der Waals surface area contributed by atoms with Crippen LogP contribution in [0.5, 0.6) is 0 Å². The highest BCUT2D eigenvalue weighted by molar-refractivity contribution is 14.0. The Kier molecular flexibility index (Phi) is 10.0. The van der Waals surface area contributed by atoms with Gasteiger partial charge in [-0.1, -0.05) is 38.3 Å². The predicted octanol–water partition coefficient (Wildman–Crippen LogP) is 4.27. The predicted molar refractivity (Wildman–Crippen MR) is 125 cm³/mol. The Balaban J connectivity index is 0.00000280. The van der Waals surface area contributed by atoms with Crippen molar-refractivity contribution in [1.82, 2.24) is 20.7 Å². The fourth-order valence-corrected chi connectivity index (χ4v) is 4.20. The minimum Gasteiger partial charge on any atom is -0.359 e. The Hall–Kier alpha value is -0.830. The lowest BCUT2D eigenvalue weighted by atomic mass is 9.92. The summed E-state index contributed by atoms with van der Waals surface area (Å²) >= 11 is 0. The van der Waals surface area contributed by atoms with Crippen LogP contribution in [0.2, 0.25) is 0 Å². The van der Waals surface area contributed by atoms with Gasteiger partial charge >= 0.3 is 0 Å². The van der Waals surface area contributed by atoms with Gasteiger partial charge in [-0.15, -0.1) is 24.0 Å². The highest BCUT2D eigenvalue weighted by Crippen LogP contribution is 2.25. The Bertz CT molecular complexity index is 589. The molecule has 6 nitrogen and oxygen atoms in total. The van der Waals surface area contributed by atoms with Crippen molar-refractivity contribution in [3.8, 4) is 0 Å². The van der Waals surface area contributed by atoms with E-state index in [-0.39, 0.29) is 24.0 Å². The fourth-order valence-electron chi connectivity index (χ4n) is 4.20. The van der Waals surface area contributed by atoms with Gasteiger partial charge in [0.25, 0.3) is 0 Å². The van der Waals surface area contributed by atoms with E-state index in [1.54, 1.807) is 0 Å². The van der Waals surface area contributed by atoms with Crippen LogP contribution < -0.4 is 10.6 Å². The van der Waals surface area contributed by atoms with E-state index in [0.717, 1.165) is 30.0 Å². The normalized spacial score (nSPS) is 20.2. The molecular formula is C21H38IN5O. The SMILES string of the molecule is CCNC(=NCc1cc(C(C)C)no1)NC1CCN(C2CCCCC2)CC1.I. The molecule has 7 heteroatoms. The summed E-state index contributed by atoms with van der Waals surface area (Å²) in [5, 5.41) is 11.1. The maximum absolute atomic E-state index is 5.41. The molecule has 1 aromatic rings. The molecule has 2 aliphatic rings. The fraction of sp³-hybridized carbons (Fsp3) is 0.810. The van der Waals surface area contributed by atoms with Gasteiger partial charge in [0.1, 0.15) is 6.54 Å². The van der Waals surface area contributed by atoms with Gasteiger partial charge in [0.2, 0.25) is 0 Å². The molecule has 2 heterocycles. The third-order valence-corrected chi connectivity index (χ3v) is 5.87. The number of rotatable bonds is 6. The van der Waals surface area contributed by atoms with Gasteiger partial charge in [-0.3, -0.25) is 0 Å². The molecule has 0 spiro atoms. The van der Waals surface area contributed by atoms with Gasteiger partial charge in [-0.05, 0) is 38.5 Å². The summed E-state index contributed by atoms with van der Waals surface area (Å²) in [6.45, 7) is 10.2. The lowest BCUT2D eigenvalue weighted by Gasteiger charge is -2.39. The summed E-state index contributed by atoms with van der Waals surface area (Å²) in [5.74, 6) is 2.09. The van der Waals surface area contributed by atoms with E-state index in [1.807, 2.05) is 6.07 Å². The molecule has 2 fully saturated rings. The highest BCUT2D eigenvalue weighted by atomic mass is 127. The average molecular weight is 503 g/mol. The summed E-state index contributed by atoms with van der Waals surface area (Å²) in [6, 6.07) is 3.35. The molecule has 3 rings (SSSR count). The molecule has 1 saturated heterocycles. The summed E-state index contributed by atoms with van der Waals surface area (Å²) in [6.07, 6.45) is 9.46. The van der Waals surface area contributed by atoms with Gasteiger partial charge in [0.15, 0.2) is 11.7 Å². The summed E-state index contributed by atoms with van der Waals surface area (Å²) in [7, 11) is 0. The number of hydrogen-bond acceptors (Lipinski definition) is 4. The largest absolute Gasteiger partial charge is 0.359 e. The molecule has 1 aliphatic carbocycles. The number of aromatic nitrogens is 1. The molecule has 0 radical (unpaired) electrons. The van der Waals surface area contributed by atoms with E-state index < -0.39 is 0 Å². The maximum Gasteiger partial charge on any atom is 0.191 e. The number of halogens is 1. The summed E-state index contributed by atoms with van der Waals surface area (Å²) < 4.78 is 5.41. The first-order valence-electron chi connectivity index (χ1n) is 10.9. The van der Waals surface area contributed by atoms with Gasteiger partial charge in [-0.2, -0.15) is 0 Å². The first-order chi connectivity index (χ1) is 13.2. The van der Waals surface area contributed by atoms with Crippen molar-refractivity contribution in [2.75, 3.05) is 19.6 Å². The number of likely N-dealkylation sites (tertiary alicyclic amines) is 1. The zero-order chi connectivity index (χ0) is 19.1. The van der Waals surface area contributed by atoms with E-state index in [0.29, 0.717) is 18.5 Å². The van der Waals surface area contributed by atoms with Crippen LogP contribution >= 0.6 is 24.0 Å². The third-order valence-electron chi connectivity index (χ3n) is 5.87. The highest BCUT2D eigenvalue weighted by Gasteiger charge is 2.26. The van der Waals surface area contributed by atoms with Crippen molar-refractivity contribution < 1.29 is 4.52 Å². The van der Waals surface area contributed by atoms with E-state index >= 15 is 0 Å². The van der Waals surface area contributed by atoms with Gasteiger partial charge in [0.05, 0.1) is 5.69 Å². The zero-order valence-electron chi connectivity index (χ0n) is 17.7. The van der Waals surface area contributed by atoms with E-state index in [1.165, 1.54) is 58.0 Å². The Morgan fingerprint density at radius 3 is 2.54 bits per heavy atom. The van der Waals surface area contributed by atoms with Crippen LogP contribution in [-0.4, -0.2) is 47.7 Å². The average Bonchev–Trinajstić information content (AvgIpc) is 3.17. The molecule has 0 unspecified atom stereocenters. The lowest BCUT2D eigenvalue weighted by molar-refractivity contribution is 0.119. The molecule has 2 N–H and O–H groups in total. The van der Waals surface area contributed by atoms with Crippen LogP contribution in [0.1, 0.15) is 83.1 Å². The molecule has 0 bridgehead atoms. The minimum absolute atomic E-state index is 0. The van der Waals surface area contributed by atoms with Crippen molar-refractivity contribution in [3.05, 3.63) is 17.5 Å². The number of aliphatic imine (C=N–C) groups is 1. The second-order valence-electron chi connectivity index (χ2n) is 8.31. The molecule has 0 atom stereocenters. The lowest BCUT2D eigenvalue weighted by Crippen LogP contribution is -2.50. The second-order valence-corrected chi connectivity index (χ2v) is 8.31. The van der Waals surface area contributed by atoms with E-state index in [4.69, 9.17) is 9.52 Å². The van der Waals surface area contributed by atoms with Gasteiger partial charge in [-0.25, -0.2) is 4.99 Å². The molecule has 1 aliphatic heterocycles. The topological polar surface area (TPSA) is 65.7 Å². The minimum atomic E-state index is 0. The van der Waals surface area contributed by atoms with Crippen molar-refractivity contribution in [2.24, 2.45) is 4.99 Å². The molecule has 28 heavy (non-hydrogen) atoms. The van der Waals surface area contributed by atoms with Crippen molar-refractivity contribution >= 4 is 29.9 Å². The van der Waals surface area contributed by atoms with Crippen LogP contribution in [0.25, 0.3) is 0 Å². The molecule has 1 saturated carbocycles. The number of piperidine rings is 1. The van der Waals surface area contributed by atoms with Crippen LogP contribution in [0.3, 0.4) is 0 Å². The standard InChI is InChI=1S/C21H37N5O.HI/c1-4-22-21(23-15-19-14-20(16(2)3)25-27-19)24-17-10-12-26(13-11-17)18-8-6-5-7-9-18;/h14,16-18H,4-13,15H2,1-3H3,(H2,22,23,24);1H. The van der Waals surface area contributed by atoms with Crippen LogP contribution in [0.15, 0.2) is 15.6 Å². The van der Waals surface area contributed by atoms with Gasteiger partial charge < -0.3 is 20.1 Å². The summed E-state index contributed by atoms with van der Waals surface area (Å²) in [5.41, 5.74) is 0.994. The molecule has 160 valence electrons. The van der Waals surface area contributed by atoms with Crippen LogP contribution in [0, 0.1) is 0 Å². The first kappa shape index (κ1) is 23.4. The molecule has 1 aromatic heterocycles. The van der Waals surface area contributed by atoms with Crippen molar-refractivity contribution in [3.63, 3.8) is 0 Å². The van der Waals surface area contributed by atoms with E-state index in [2.05, 4.69) is 41.5 Å². The number of hydrogen-bond donors (Lipinski definition) is 2. The van der Waals surface area contributed by atoms with Crippen molar-refractivity contribution in [2.45, 2.75) is 90.3 Å². The van der Waals surface area contributed by atoms with E-state index in [9.17, 15) is 0 Å². The van der Waals surface area contributed by atoms with Crippen molar-refractivity contribution in [1.29, 1.82) is 0 Å². The van der Waals surface area contributed by atoms with Crippen LogP contribution in [0.4, 0.5) is 0 Å². The smallest absolute Gasteiger partial charge is 0.191 e. The molecular weight excluding hydrogens is 465 g/mol. The monoisotopic (exact) mass is 503 g/mol. The third kappa shape index (κ3) is 6.90. The first-order valence-corrected chi connectivity index (χ1v) is 10.9. The zero-order valence-corrected chi connectivity index (χ0v) is 20.1. The van der Waals surface area contributed by atoms with Crippen LogP contribution in [-0.2, 0) is 6.54 Å². The Morgan fingerprint density at radius 1 is 1.21 bits per heavy atom. The number of guanidine groups is 1. The molecule has 0 aromatic carbocycles. The number of nitrogens with one attached hydrogen (secondary N) is 2. The molecule has 0 amide bonds. The quantitative estimate of drug-likeness (QED) is 0.345.